The largest absolute Gasteiger partial charge is 0.257 e. The van der Waals surface area contributed by atoms with E-state index in [2.05, 4.69) is 84.0 Å². The van der Waals surface area contributed by atoms with Gasteiger partial charge in [-0.25, -0.2) is 0 Å². The molecule has 1 nitrogen and oxygen atoms in total. The first-order valence-electron chi connectivity index (χ1n) is 7.73. The monoisotopic (exact) mass is 281 g/mol. The van der Waals surface area contributed by atoms with Crippen molar-refractivity contribution in [1.29, 1.82) is 0 Å². The Balaban J connectivity index is 2.49. The molecule has 2 aromatic rings. The van der Waals surface area contributed by atoms with Crippen LogP contribution in [0.1, 0.15) is 64.1 Å². The maximum atomic E-state index is 5.01. The molecule has 1 heterocycles. The zero-order valence-electron chi connectivity index (χ0n) is 14.2. The third-order valence-electron chi connectivity index (χ3n) is 3.77. The Labute approximate surface area is 129 Å². The Kier molecular flexibility index (Phi) is 4.22. The first kappa shape index (κ1) is 15.8. The van der Waals surface area contributed by atoms with Crippen LogP contribution in [0.15, 0.2) is 42.5 Å². The van der Waals surface area contributed by atoms with Crippen molar-refractivity contribution in [2.75, 3.05) is 0 Å². The van der Waals surface area contributed by atoms with Crippen molar-refractivity contribution in [3.8, 4) is 0 Å². The van der Waals surface area contributed by atoms with Crippen LogP contribution in [0.25, 0.3) is 0 Å². The van der Waals surface area contributed by atoms with Crippen molar-refractivity contribution in [2.45, 2.75) is 58.8 Å². The van der Waals surface area contributed by atoms with E-state index < -0.39 is 0 Å². The highest BCUT2D eigenvalue weighted by Crippen LogP contribution is 2.29. The maximum Gasteiger partial charge on any atom is 0.0488 e. The lowest BCUT2D eigenvalue weighted by Crippen LogP contribution is -2.20. The normalized spacial score (nSPS) is 12.5. The minimum atomic E-state index is 0.0852. The summed E-state index contributed by atoms with van der Waals surface area (Å²) in [5, 5.41) is 0. The van der Waals surface area contributed by atoms with Crippen LogP contribution in [-0.4, -0.2) is 4.98 Å². The van der Waals surface area contributed by atoms with E-state index in [1.807, 2.05) is 0 Å². The quantitative estimate of drug-likeness (QED) is 0.731. The topological polar surface area (TPSA) is 12.9 Å². The fourth-order valence-corrected chi connectivity index (χ4v) is 2.53. The van der Waals surface area contributed by atoms with Gasteiger partial charge in [0.25, 0.3) is 0 Å². The lowest BCUT2D eigenvalue weighted by Gasteiger charge is -2.26. The highest BCUT2D eigenvalue weighted by molar-refractivity contribution is 5.35. The molecule has 0 aliphatic carbocycles. The molecule has 0 saturated carbocycles. The van der Waals surface area contributed by atoms with Gasteiger partial charge in [0.05, 0.1) is 0 Å². The molecule has 21 heavy (non-hydrogen) atoms. The van der Waals surface area contributed by atoms with Gasteiger partial charge in [0.2, 0.25) is 0 Å². The summed E-state index contributed by atoms with van der Waals surface area (Å²) < 4.78 is 0. The van der Waals surface area contributed by atoms with Gasteiger partial charge in [0, 0.05) is 23.2 Å². The summed E-state index contributed by atoms with van der Waals surface area (Å²) in [4.78, 5) is 5.01. The number of benzene rings is 1. The van der Waals surface area contributed by atoms with Gasteiger partial charge in [0.15, 0.2) is 0 Å². The van der Waals surface area contributed by atoms with Gasteiger partial charge in [0.1, 0.15) is 0 Å². The third kappa shape index (κ3) is 3.93. The van der Waals surface area contributed by atoms with Crippen molar-refractivity contribution in [1.82, 2.24) is 4.98 Å². The molecule has 1 aromatic heterocycles. The molecule has 0 radical (unpaired) electrons. The minimum Gasteiger partial charge on any atom is -0.257 e. The Hall–Kier alpha value is -1.63. The highest BCUT2D eigenvalue weighted by atomic mass is 14.7. The Morgan fingerprint density at radius 2 is 1.38 bits per heavy atom. The summed E-state index contributed by atoms with van der Waals surface area (Å²) in [6.45, 7) is 13.4. The van der Waals surface area contributed by atoms with E-state index in [0.29, 0.717) is 0 Å². The molecule has 0 atom stereocenters. The Bertz CT molecular complexity index is 598. The first-order chi connectivity index (χ1) is 9.68. The van der Waals surface area contributed by atoms with Crippen molar-refractivity contribution in [2.24, 2.45) is 0 Å². The number of aromatic nitrogens is 1. The predicted molar refractivity (Wildman–Crippen MR) is 90.9 cm³/mol. The van der Waals surface area contributed by atoms with Crippen LogP contribution >= 0.6 is 0 Å². The van der Waals surface area contributed by atoms with E-state index in [1.54, 1.807) is 0 Å². The molecule has 0 aliphatic heterocycles. The lowest BCUT2D eigenvalue weighted by atomic mass is 9.82. The van der Waals surface area contributed by atoms with Crippen molar-refractivity contribution in [3.05, 3.63) is 65.0 Å². The van der Waals surface area contributed by atoms with Crippen molar-refractivity contribution >= 4 is 0 Å². The average molecular weight is 281 g/mol. The van der Waals surface area contributed by atoms with Gasteiger partial charge in [-0.2, -0.15) is 0 Å². The number of nitrogens with zero attached hydrogens (tertiary/aromatic N) is 1. The lowest BCUT2D eigenvalue weighted by molar-refractivity contribution is 0.549. The molecule has 2 rings (SSSR count). The molecule has 0 amide bonds. The summed E-state index contributed by atoms with van der Waals surface area (Å²) in [7, 11) is 0. The summed E-state index contributed by atoms with van der Waals surface area (Å²) in [5.41, 5.74) is 5.25. The summed E-state index contributed by atoms with van der Waals surface area (Å²) in [6, 6.07) is 15.1. The summed E-state index contributed by atoms with van der Waals surface area (Å²) in [5.74, 6) is 0. The molecule has 1 aromatic carbocycles. The van der Waals surface area contributed by atoms with Crippen LogP contribution in [0.2, 0.25) is 0 Å². The Morgan fingerprint density at radius 3 is 1.90 bits per heavy atom. The zero-order chi connectivity index (χ0) is 15.7. The molecule has 0 bridgehead atoms. The van der Waals surface area contributed by atoms with Crippen molar-refractivity contribution < 1.29 is 0 Å². The summed E-state index contributed by atoms with van der Waals surface area (Å²) >= 11 is 0. The SMILES string of the molecule is CC(C)(C)c1ccc(C(C)(C)C)c(Cc2ccccc2)n1. The number of hydrogen-bond donors (Lipinski definition) is 0. The van der Waals surface area contributed by atoms with Gasteiger partial charge < -0.3 is 0 Å². The summed E-state index contributed by atoms with van der Waals surface area (Å²) in [6.07, 6.45) is 0.900. The minimum absolute atomic E-state index is 0.0852. The molecule has 1 heteroatoms. The van der Waals surface area contributed by atoms with E-state index >= 15 is 0 Å². The van der Waals surface area contributed by atoms with E-state index in [4.69, 9.17) is 4.98 Å². The van der Waals surface area contributed by atoms with Gasteiger partial charge >= 0.3 is 0 Å². The molecule has 0 saturated heterocycles. The van der Waals surface area contributed by atoms with Gasteiger partial charge in [-0.3, -0.25) is 4.98 Å². The van der Waals surface area contributed by atoms with Gasteiger partial charge in [-0.15, -0.1) is 0 Å². The molecular formula is C20H27N. The second kappa shape index (κ2) is 5.63. The molecule has 0 fully saturated rings. The average Bonchev–Trinajstić information content (AvgIpc) is 2.37. The molecule has 0 aliphatic rings. The second-order valence-corrected chi connectivity index (χ2v) is 7.85. The van der Waals surface area contributed by atoms with Crippen LogP contribution < -0.4 is 0 Å². The molecule has 0 N–H and O–H groups in total. The molecule has 0 spiro atoms. The van der Waals surface area contributed by atoms with Gasteiger partial charge in [-0.05, 0) is 22.6 Å². The van der Waals surface area contributed by atoms with E-state index in [9.17, 15) is 0 Å². The zero-order valence-corrected chi connectivity index (χ0v) is 14.2. The maximum absolute atomic E-state index is 5.01. The fraction of sp³-hybridized carbons (Fsp3) is 0.450. The second-order valence-electron chi connectivity index (χ2n) is 7.85. The van der Waals surface area contributed by atoms with Crippen LogP contribution in [0, 0.1) is 0 Å². The molecular weight excluding hydrogens is 254 g/mol. The number of pyridine rings is 1. The Morgan fingerprint density at radius 1 is 0.762 bits per heavy atom. The number of rotatable bonds is 2. The van der Waals surface area contributed by atoms with Crippen LogP contribution in [-0.2, 0) is 17.3 Å². The van der Waals surface area contributed by atoms with Crippen LogP contribution in [0.4, 0.5) is 0 Å². The fourth-order valence-electron chi connectivity index (χ4n) is 2.53. The van der Waals surface area contributed by atoms with E-state index in [1.165, 1.54) is 22.5 Å². The van der Waals surface area contributed by atoms with E-state index in [-0.39, 0.29) is 10.8 Å². The van der Waals surface area contributed by atoms with Gasteiger partial charge in [-0.1, -0.05) is 77.9 Å². The van der Waals surface area contributed by atoms with Crippen LogP contribution in [0.5, 0.6) is 0 Å². The standard InChI is InChI=1S/C20H27N/c1-19(2,3)16-12-13-18(20(4,5)6)21-17(16)14-15-10-8-7-9-11-15/h7-13H,14H2,1-6H3. The third-order valence-corrected chi connectivity index (χ3v) is 3.77. The predicted octanol–water partition coefficient (Wildman–Crippen LogP) is 5.27. The van der Waals surface area contributed by atoms with Crippen LogP contribution in [0.3, 0.4) is 0 Å². The molecule has 0 unspecified atom stereocenters. The smallest absolute Gasteiger partial charge is 0.0488 e. The van der Waals surface area contributed by atoms with E-state index in [0.717, 1.165) is 6.42 Å². The molecule has 112 valence electrons. The highest BCUT2D eigenvalue weighted by Gasteiger charge is 2.22. The first-order valence-corrected chi connectivity index (χ1v) is 7.73. The number of hydrogen-bond acceptors (Lipinski definition) is 1. The van der Waals surface area contributed by atoms with Crippen molar-refractivity contribution in [3.63, 3.8) is 0 Å².